The van der Waals surface area contributed by atoms with E-state index in [0.717, 1.165) is 0 Å². The largest absolute Gasteiger partial charge is 0.496 e. The van der Waals surface area contributed by atoms with Gasteiger partial charge in [-0.1, -0.05) is 6.07 Å². The quantitative estimate of drug-likeness (QED) is 0.841. The molecule has 0 atom stereocenters. The van der Waals surface area contributed by atoms with Crippen molar-refractivity contribution in [3.63, 3.8) is 0 Å². The number of nitrogens with zero attached hydrogens (tertiary/aromatic N) is 2. The molecule has 0 radical (unpaired) electrons. The Hall–Kier alpha value is -2.04. The van der Waals surface area contributed by atoms with E-state index in [4.69, 9.17) is 10.5 Å². The minimum absolute atomic E-state index is 0.336. The molecule has 1 aromatic carbocycles. The molecule has 2 rings (SSSR count). The van der Waals surface area contributed by atoms with Crippen molar-refractivity contribution in [1.82, 2.24) is 9.78 Å². The van der Waals surface area contributed by atoms with Gasteiger partial charge in [-0.05, 0) is 12.1 Å². The standard InChI is InChI=1S/C11H12FN3O/c1-15-11(8(13)6-14-15)10-7(12)4-3-5-9(10)16-2/h3-6H,13H2,1-2H3. The molecular weight excluding hydrogens is 209 g/mol. The van der Waals surface area contributed by atoms with Crippen molar-refractivity contribution in [1.29, 1.82) is 0 Å². The van der Waals surface area contributed by atoms with E-state index in [-0.39, 0.29) is 5.82 Å². The predicted octanol–water partition coefficient (Wildman–Crippen LogP) is 1.82. The summed E-state index contributed by atoms with van der Waals surface area (Å²) >= 11 is 0. The summed E-state index contributed by atoms with van der Waals surface area (Å²) in [5.41, 5.74) is 7.04. The zero-order chi connectivity index (χ0) is 11.7. The van der Waals surface area contributed by atoms with Gasteiger partial charge in [-0.2, -0.15) is 5.10 Å². The molecule has 0 bridgehead atoms. The van der Waals surface area contributed by atoms with Crippen LogP contribution in [0, 0.1) is 5.82 Å². The molecular formula is C11H12FN3O. The van der Waals surface area contributed by atoms with Gasteiger partial charge in [0.2, 0.25) is 0 Å². The van der Waals surface area contributed by atoms with Gasteiger partial charge >= 0.3 is 0 Å². The number of benzene rings is 1. The Balaban J connectivity index is 2.72. The van der Waals surface area contributed by atoms with Crippen molar-refractivity contribution < 1.29 is 9.13 Å². The maximum absolute atomic E-state index is 13.8. The fourth-order valence-electron chi connectivity index (χ4n) is 1.66. The van der Waals surface area contributed by atoms with Crippen molar-refractivity contribution in [2.45, 2.75) is 0 Å². The molecule has 0 saturated heterocycles. The van der Waals surface area contributed by atoms with Gasteiger partial charge in [0.05, 0.1) is 30.3 Å². The van der Waals surface area contributed by atoms with Crippen LogP contribution in [0.1, 0.15) is 0 Å². The molecule has 0 unspecified atom stereocenters. The van der Waals surface area contributed by atoms with Crippen molar-refractivity contribution in [3.8, 4) is 17.0 Å². The molecule has 0 spiro atoms. The monoisotopic (exact) mass is 221 g/mol. The van der Waals surface area contributed by atoms with Gasteiger partial charge in [0, 0.05) is 7.05 Å². The molecule has 5 heteroatoms. The molecule has 16 heavy (non-hydrogen) atoms. The minimum Gasteiger partial charge on any atom is -0.496 e. The smallest absolute Gasteiger partial charge is 0.136 e. The van der Waals surface area contributed by atoms with E-state index in [9.17, 15) is 4.39 Å². The second-order valence-electron chi connectivity index (χ2n) is 3.39. The average Bonchev–Trinajstić information content (AvgIpc) is 2.59. The highest BCUT2D eigenvalue weighted by Crippen LogP contribution is 2.35. The van der Waals surface area contributed by atoms with E-state index in [2.05, 4.69) is 5.10 Å². The number of rotatable bonds is 2. The van der Waals surface area contributed by atoms with Crippen molar-refractivity contribution in [2.75, 3.05) is 12.8 Å². The first-order chi connectivity index (χ1) is 7.65. The van der Waals surface area contributed by atoms with E-state index in [1.807, 2.05) is 0 Å². The summed E-state index contributed by atoms with van der Waals surface area (Å²) in [4.78, 5) is 0. The summed E-state index contributed by atoms with van der Waals surface area (Å²) in [5.74, 6) is 0.0601. The summed E-state index contributed by atoms with van der Waals surface area (Å²) in [6.07, 6.45) is 1.49. The molecule has 2 aromatic rings. The third-order valence-electron chi connectivity index (χ3n) is 2.40. The zero-order valence-electron chi connectivity index (χ0n) is 9.07. The molecule has 0 saturated carbocycles. The van der Waals surface area contributed by atoms with Crippen LogP contribution in [0.4, 0.5) is 10.1 Å². The van der Waals surface area contributed by atoms with Crippen LogP contribution in [0.15, 0.2) is 24.4 Å². The highest BCUT2D eigenvalue weighted by molar-refractivity contribution is 5.77. The first-order valence-electron chi connectivity index (χ1n) is 4.75. The van der Waals surface area contributed by atoms with E-state index in [0.29, 0.717) is 22.7 Å². The lowest BCUT2D eigenvalue weighted by atomic mass is 10.1. The van der Waals surface area contributed by atoms with Crippen molar-refractivity contribution in [2.24, 2.45) is 7.05 Å². The molecule has 0 aliphatic rings. The third-order valence-corrected chi connectivity index (χ3v) is 2.40. The van der Waals surface area contributed by atoms with E-state index in [1.54, 1.807) is 19.2 Å². The molecule has 1 aromatic heterocycles. The van der Waals surface area contributed by atoms with Crippen molar-refractivity contribution in [3.05, 3.63) is 30.2 Å². The summed E-state index contributed by atoms with van der Waals surface area (Å²) in [5, 5.41) is 3.98. The highest BCUT2D eigenvalue weighted by atomic mass is 19.1. The molecule has 4 nitrogen and oxygen atoms in total. The van der Waals surface area contributed by atoms with E-state index in [1.165, 1.54) is 24.1 Å². The van der Waals surface area contributed by atoms with Crippen LogP contribution in [0.3, 0.4) is 0 Å². The van der Waals surface area contributed by atoms with Crippen LogP contribution in [0.2, 0.25) is 0 Å². The first-order valence-corrected chi connectivity index (χ1v) is 4.75. The lowest BCUT2D eigenvalue weighted by molar-refractivity contribution is 0.413. The number of nitrogens with two attached hydrogens (primary N) is 1. The Labute approximate surface area is 92.4 Å². The summed E-state index contributed by atoms with van der Waals surface area (Å²) in [6, 6.07) is 4.64. The lowest BCUT2D eigenvalue weighted by Gasteiger charge is -2.10. The Morgan fingerprint density at radius 3 is 2.75 bits per heavy atom. The number of aromatic nitrogens is 2. The zero-order valence-corrected chi connectivity index (χ0v) is 9.07. The van der Waals surface area contributed by atoms with Crippen LogP contribution in [0.5, 0.6) is 5.75 Å². The normalized spacial score (nSPS) is 10.4. The van der Waals surface area contributed by atoms with Gasteiger partial charge < -0.3 is 10.5 Å². The first kappa shape index (κ1) is 10.5. The molecule has 0 fully saturated rings. The van der Waals surface area contributed by atoms with Crippen LogP contribution in [-0.4, -0.2) is 16.9 Å². The molecule has 84 valence electrons. The second-order valence-corrected chi connectivity index (χ2v) is 3.39. The highest BCUT2D eigenvalue weighted by Gasteiger charge is 2.17. The van der Waals surface area contributed by atoms with E-state index < -0.39 is 0 Å². The van der Waals surface area contributed by atoms with Gasteiger partial charge in [0.15, 0.2) is 0 Å². The lowest BCUT2D eigenvalue weighted by Crippen LogP contribution is -2.00. The van der Waals surface area contributed by atoms with Crippen LogP contribution in [0.25, 0.3) is 11.3 Å². The molecule has 2 N–H and O–H groups in total. The SMILES string of the molecule is COc1cccc(F)c1-c1c(N)cnn1C. The fraction of sp³-hybridized carbons (Fsp3) is 0.182. The van der Waals surface area contributed by atoms with Gasteiger partial charge in [-0.15, -0.1) is 0 Å². The Morgan fingerprint density at radius 2 is 2.19 bits per heavy atom. The van der Waals surface area contributed by atoms with Gasteiger partial charge in [-0.3, -0.25) is 4.68 Å². The van der Waals surface area contributed by atoms with Crippen LogP contribution in [-0.2, 0) is 7.05 Å². The minimum atomic E-state index is -0.380. The number of ether oxygens (including phenoxy) is 1. The third kappa shape index (κ3) is 1.50. The number of anilines is 1. The number of hydrogen-bond acceptors (Lipinski definition) is 3. The molecule has 0 amide bonds. The molecule has 1 heterocycles. The maximum Gasteiger partial charge on any atom is 0.136 e. The maximum atomic E-state index is 13.8. The second kappa shape index (κ2) is 3.84. The van der Waals surface area contributed by atoms with Gasteiger partial charge in [-0.25, -0.2) is 4.39 Å². The number of hydrogen-bond donors (Lipinski definition) is 1. The summed E-state index contributed by atoms with van der Waals surface area (Å²) in [6.45, 7) is 0. The Morgan fingerprint density at radius 1 is 1.44 bits per heavy atom. The number of halogens is 1. The number of methoxy groups -OCH3 is 1. The molecule has 0 aliphatic carbocycles. The van der Waals surface area contributed by atoms with Gasteiger partial charge in [0.1, 0.15) is 11.6 Å². The molecule has 0 aliphatic heterocycles. The number of aryl methyl sites for hydroxylation is 1. The van der Waals surface area contributed by atoms with Gasteiger partial charge in [0.25, 0.3) is 0 Å². The Bertz CT molecular complexity index is 502. The fourth-order valence-corrected chi connectivity index (χ4v) is 1.66. The topological polar surface area (TPSA) is 53.1 Å². The van der Waals surface area contributed by atoms with E-state index >= 15 is 0 Å². The average molecular weight is 221 g/mol. The Kier molecular flexibility index (Phi) is 2.52. The summed E-state index contributed by atoms with van der Waals surface area (Å²) < 4.78 is 20.4. The predicted molar refractivity (Wildman–Crippen MR) is 59.6 cm³/mol. The van der Waals surface area contributed by atoms with Crippen LogP contribution >= 0.6 is 0 Å². The van der Waals surface area contributed by atoms with Crippen molar-refractivity contribution >= 4 is 5.69 Å². The number of nitrogen functional groups attached to an aromatic ring is 1. The van der Waals surface area contributed by atoms with Crippen LogP contribution < -0.4 is 10.5 Å². The summed E-state index contributed by atoms with van der Waals surface area (Å²) in [7, 11) is 3.20.